The maximum atomic E-state index is 12.4. The minimum atomic E-state index is -0.427. The van der Waals surface area contributed by atoms with Gasteiger partial charge in [-0.2, -0.15) is 5.10 Å². The number of benzene rings is 3. The molecule has 0 fully saturated rings. The van der Waals surface area contributed by atoms with Crippen molar-refractivity contribution in [1.82, 2.24) is 5.43 Å². The van der Waals surface area contributed by atoms with E-state index >= 15 is 0 Å². The second kappa shape index (κ2) is 13.0. The van der Waals surface area contributed by atoms with Crippen LogP contribution >= 0.6 is 27.5 Å². The summed E-state index contributed by atoms with van der Waals surface area (Å²) in [4.78, 5) is 24.8. The number of hydrazone groups is 1. The summed E-state index contributed by atoms with van der Waals surface area (Å²) in [5.74, 6) is 0.860. The van der Waals surface area contributed by atoms with Gasteiger partial charge in [0.15, 0.2) is 29.6 Å². The van der Waals surface area contributed by atoms with Gasteiger partial charge in [-0.05, 0) is 76.4 Å². The number of carbonyl (C=O) groups is 2. The maximum Gasteiger partial charge on any atom is 0.271 e. The van der Waals surface area contributed by atoms with Crippen LogP contribution in [0.4, 0.5) is 5.69 Å². The zero-order chi connectivity index (χ0) is 26.9. The molecule has 2 amide bonds. The normalized spacial score (nSPS) is 10.6. The summed E-state index contributed by atoms with van der Waals surface area (Å²) in [7, 11) is 4.48. The molecule has 0 aliphatic carbocycles. The highest BCUT2D eigenvalue weighted by Crippen LogP contribution is 2.36. The van der Waals surface area contributed by atoms with Crippen molar-refractivity contribution in [3.05, 3.63) is 74.7 Å². The Balaban J connectivity index is 1.64. The Hall–Kier alpha value is -3.76. The van der Waals surface area contributed by atoms with E-state index in [2.05, 4.69) is 31.8 Å². The predicted molar refractivity (Wildman–Crippen MR) is 146 cm³/mol. The fourth-order valence-electron chi connectivity index (χ4n) is 3.17. The van der Waals surface area contributed by atoms with Gasteiger partial charge >= 0.3 is 0 Å². The van der Waals surface area contributed by atoms with E-state index in [9.17, 15) is 9.59 Å². The number of rotatable bonds is 10. The monoisotopic (exact) mass is 589 g/mol. The first-order valence-corrected chi connectivity index (χ1v) is 12.0. The summed E-state index contributed by atoms with van der Waals surface area (Å²) < 4.78 is 22.0. The van der Waals surface area contributed by atoms with E-state index in [1.165, 1.54) is 27.5 Å². The van der Waals surface area contributed by atoms with Crippen molar-refractivity contribution in [2.24, 2.45) is 5.10 Å². The van der Waals surface area contributed by atoms with Crippen LogP contribution in [0.15, 0.2) is 58.1 Å². The van der Waals surface area contributed by atoms with Gasteiger partial charge in [-0.1, -0.05) is 17.7 Å². The summed E-state index contributed by atoms with van der Waals surface area (Å²) in [6.45, 7) is 1.62. The van der Waals surface area contributed by atoms with Crippen molar-refractivity contribution in [2.45, 2.75) is 6.92 Å². The lowest BCUT2D eigenvalue weighted by Gasteiger charge is -2.14. The number of nitrogens with one attached hydrogen (secondary N) is 2. The van der Waals surface area contributed by atoms with Crippen molar-refractivity contribution < 1.29 is 28.5 Å². The van der Waals surface area contributed by atoms with Gasteiger partial charge in [0, 0.05) is 16.3 Å². The molecule has 0 saturated carbocycles. The van der Waals surface area contributed by atoms with Crippen LogP contribution in [0.1, 0.15) is 21.5 Å². The molecule has 0 aromatic heterocycles. The highest BCUT2D eigenvalue weighted by Gasteiger charge is 2.14. The Labute approximate surface area is 227 Å². The summed E-state index contributed by atoms with van der Waals surface area (Å²) in [6, 6.07) is 13.4. The second-order valence-corrected chi connectivity index (χ2v) is 8.87. The number of carbonyl (C=O) groups excluding carboxylic acids is 2. The smallest absolute Gasteiger partial charge is 0.271 e. The van der Waals surface area contributed by atoms with Crippen LogP contribution in [0.5, 0.6) is 23.0 Å². The number of hydrogen-bond donors (Lipinski definition) is 2. The quantitative estimate of drug-likeness (QED) is 0.248. The second-order valence-electron chi connectivity index (χ2n) is 7.60. The predicted octanol–water partition coefficient (Wildman–Crippen LogP) is 5.22. The van der Waals surface area contributed by atoms with Crippen molar-refractivity contribution >= 4 is 51.2 Å². The maximum absolute atomic E-state index is 12.4. The summed E-state index contributed by atoms with van der Waals surface area (Å²) in [6.07, 6.45) is 1.45. The third-order valence-electron chi connectivity index (χ3n) is 5.08. The van der Waals surface area contributed by atoms with Crippen LogP contribution in [0.25, 0.3) is 0 Å². The molecule has 0 atom stereocenters. The Morgan fingerprint density at radius 3 is 2.38 bits per heavy atom. The zero-order valence-corrected chi connectivity index (χ0v) is 22.9. The van der Waals surface area contributed by atoms with Crippen LogP contribution in [-0.2, 0) is 4.79 Å². The summed E-state index contributed by atoms with van der Waals surface area (Å²) in [5.41, 5.74) is 4.90. The fraction of sp³-hybridized carbons (Fsp3) is 0.192. The SMILES string of the molecule is COc1ccc(C(=O)N/N=C/c2cc(Br)c(OCC(=O)Nc3ccc(C)c(Cl)c3)c(OC)c2)cc1OC. The van der Waals surface area contributed by atoms with Crippen molar-refractivity contribution in [2.75, 3.05) is 33.3 Å². The number of methoxy groups -OCH3 is 3. The standard InChI is InChI=1S/C26H25BrClN3O6/c1-15-5-7-18(12-20(15)28)30-24(32)14-37-25-19(27)9-16(10-23(25)36-4)13-29-31-26(33)17-6-8-21(34-2)22(11-17)35-3/h5-13H,14H2,1-4H3,(H,30,32)(H,31,33)/b29-13+. The van der Waals surface area contributed by atoms with Gasteiger partial charge in [-0.25, -0.2) is 5.43 Å². The van der Waals surface area contributed by atoms with Crippen molar-refractivity contribution in [3.63, 3.8) is 0 Å². The Bertz CT molecular complexity index is 1330. The highest BCUT2D eigenvalue weighted by molar-refractivity contribution is 9.10. The van der Waals surface area contributed by atoms with E-state index in [0.717, 1.165) is 5.56 Å². The van der Waals surface area contributed by atoms with Crippen LogP contribution in [0.2, 0.25) is 5.02 Å². The van der Waals surface area contributed by atoms with Gasteiger partial charge in [-0.3, -0.25) is 9.59 Å². The molecular weight excluding hydrogens is 566 g/mol. The minimum absolute atomic E-state index is 0.255. The van der Waals surface area contributed by atoms with Crippen LogP contribution in [0.3, 0.4) is 0 Å². The number of aryl methyl sites for hydroxylation is 1. The van der Waals surface area contributed by atoms with Crippen molar-refractivity contribution in [3.8, 4) is 23.0 Å². The lowest BCUT2D eigenvalue weighted by molar-refractivity contribution is -0.118. The lowest BCUT2D eigenvalue weighted by atomic mass is 10.2. The zero-order valence-electron chi connectivity index (χ0n) is 20.6. The molecule has 0 spiro atoms. The first-order valence-electron chi connectivity index (χ1n) is 10.9. The van der Waals surface area contributed by atoms with E-state index in [1.54, 1.807) is 42.5 Å². The molecular formula is C26H25BrClN3O6. The average molecular weight is 591 g/mol. The molecule has 0 aliphatic rings. The molecule has 194 valence electrons. The number of halogens is 2. The Kier molecular flexibility index (Phi) is 9.76. The molecule has 2 N–H and O–H groups in total. The van der Waals surface area contributed by atoms with Gasteiger partial charge < -0.3 is 24.3 Å². The molecule has 0 unspecified atom stereocenters. The van der Waals surface area contributed by atoms with E-state index in [4.69, 9.17) is 30.5 Å². The van der Waals surface area contributed by atoms with Gasteiger partial charge in [0.25, 0.3) is 11.8 Å². The topological polar surface area (TPSA) is 107 Å². The van der Waals surface area contributed by atoms with E-state index in [0.29, 0.717) is 49.3 Å². The molecule has 0 bridgehead atoms. The molecule has 3 aromatic rings. The number of nitrogens with zero attached hydrogens (tertiary/aromatic N) is 1. The number of anilines is 1. The van der Waals surface area contributed by atoms with Crippen molar-refractivity contribution in [1.29, 1.82) is 0 Å². The van der Waals surface area contributed by atoms with Gasteiger partial charge in [0.05, 0.1) is 32.0 Å². The third kappa shape index (κ3) is 7.37. The molecule has 3 aromatic carbocycles. The van der Waals surface area contributed by atoms with Crippen LogP contribution in [0, 0.1) is 6.92 Å². The first kappa shape index (κ1) is 27.8. The number of amides is 2. The molecule has 0 radical (unpaired) electrons. The average Bonchev–Trinajstić information content (AvgIpc) is 2.89. The molecule has 37 heavy (non-hydrogen) atoms. The van der Waals surface area contributed by atoms with E-state index in [1.807, 2.05) is 13.0 Å². The molecule has 9 nitrogen and oxygen atoms in total. The van der Waals surface area contributed by atoms with Crippen LogP contribution < -0.4 is 29.7 Å². The lowest BCUT2D eigenvalue weighted by Crippen LogP contribution is -2.20. The molecule has 0 aliphatic heterocycles. The summed E-state index contributed by atoms with van der Waals surface area (Å²) in [5, 5.41) is 7.30. The van der Waals surface area contributed by atoms with E-state index in [-0.39, 0.29) is 12.5 Å². The third-order valence-corrected chi connectivity index (χ3v) is 6.08. The number of hydrogen-bond acceptors (Lipinski definition) is 7. The summed E-state index contributed by atoms with van der Waals surface area (Å²) >= 11 is 9.54. The van der Waals surface area contributed by atoms with Gasteiger partial charge in [0.2, 0.25) is 0 Å². The molecule has 3 rings (SSSR count). The molecule has 0 saturated heterocycles. The first-order chi connectivity index (χ1) is 17.7. The minimum Gasteiger partial charge on any atom is -0.493 e. The van der Waals surface area contributed by atoms with E-state index < -0.39 is 5.91 Å². The fourth-order valence-corrected chi connectivity index (χ4v) is 3.92. The van der Waals surface area contributed by atoms with Crippen LogP contribution in [-0.4, -0.2) is 46.0 Å². The Morgan fingerprint density at radius 1 is 0.973 bits per heavy atom. The largest absolute Gasteiger partial charge is 0.493 e. The Morgan fingerprint density at radius 2 is 1.70 bits per heavy atom. The number of ether oxygens (including phenoxy) is 4. The van der Waals surface area contributed by atoms with Gasteiger partial charge in [-0.15, -0.1) is 0 Å². The van der Waals surface area contributed by atoms with Gasteiger partial charge in [0.1, 0.15) is 0 Å². The molecule has 0 heterocycles. The highest BCUT2D eigenvalue weighted by atomic mass is 79.9. The molecule has 11 heteroatoms.